The van der Waals surface area contributed by atoms with Gasteiger partial charge < -0.3 is 9.47 Å². The number of diazo groups is 1. The van der Waals surface area contributed by atoms with Gasteiger partial charge in [-0.1, -0.05) is 0 Å². The van der Waals surface area contributed by atoms with Gasteiger partial charge in [0, 0.05) is 18.2 Å². The van der Waals surface area contributed by atoms with E-state index in [1.807, 2.05) is 0 Å². The summed E-state index contributed by atoms with van der Waals surface area (Å²) >= 11 is 0. The number of benzene rings is 2. The summed E-state index contributed by atoms with van der Waals surface area (Å²) in [4.78, 5) is 13.2. The van der Waals surface area contributed by atoms with Crippen LogP contribution in [0.3, 0.4) is 0 Å². The molecule has 0 saturated heterocycles. The van der Waals surface area contributed by atoms with E-state index in [0.717, 1.165) is 0 Å². The number of rotatable bonds is 5. The number of nitrogens with zero attached hydrogens (tertiary/aromatic N) is 5. The minimum Gasteiger partial charge on any atom is -0.494 e. The molecule has 0 aliphatic heterocycles. The number of non-ortho nitro benzene ring substituents is 1. The first kappa shape index (κ1) is 15.8. The number of methoxy groups -OCH3 is 2. The Balaban J connectivity index is 2.34. The molecule has 0 radical (unpaired) electrons. The maximum absolute atomic E-state index is 10.6. The maximum Gasteiger partial charge on any atom is 0.430 e. The van der Waals surface area contributed by atoms with Gasteiger partial charge in [-0.2, -0.15) is 5.11 Å². The molecule has 0 atom stereocenters. The van der Waals surface area contributed by atoms with Crippen LogP contribution in [0.25, 0.3) is 4.98 Å². The molecule has 0 spiro atoms. The summed E-state index contributed by atoms with van der Waals surface area (Å²) in [7, 11) is 2.86. The Labute approximate surface area is 131 Å². The van der Waals surface area contributed by atoms with E-state index < -0.39 is 4.92 Å². The van der Waals surface area contributed by atoms with E-state index >= 15 is 0 Å². The third kappa shape index (κ3) is 3.56. The number of azo groups is 1. The molecule has 0 aliphatic carbocycles. The summed E-state index contributed by atoms with van der Waals surface area (Å²) in [5.74, 6) is 0.634. The lowest BCUT2D eigenvalue weighted by Gasteiger charge is -2.04. The van der Waals surface area contributed by atoms with Crippen molar-refractivity contribution in [1.29, 1.82) is 5.39 Å². The Morgan fingerprint density at radius 2 is 1.74 bits per heavy atom. The van der Waals surface area contributed by atoms with Crippen molar-refractivity contribution in [3.8, 4) is 11.5 Å². The minimum absolute atomic E-state index is 0.0305. The standard InChI is InChI=1S/C14H12N5O4/c1-22-13-8-12(14(23-2)7-11(13)16-15)18-17-9-3-5-10(6-4-9)19(20)21/h3-8H,1-2H3/q+1. The van der Waals surface area contributed by atoms with E-state index in [1.165, 1.54) is 50.6 Å². The monoisotopic (exact) mass is 314 g/mol. The molecule has 0 heterocycles. The first-order valence-corrected chi connectivity index (χ1v) is 6.36. The maximum atomic E-state index is 10.6. The van der Waals surface area contributed by atoms with E-state index in [4.69, 9.17) is 14.9 Å². The van der Waals surface area contributed by atoms with Gasteiger partial charge >= 0.3 is 5.69 Å². The summed E-state index contributed by atoms with van der Waals surface area (Å²) in [5.41, 5.74) is 0.957. The highest BCUT2D eigenvalue weighted by molar-refractivity contribution is 5.69. The average molecular weight is 314 g/mol. The van der Waals surface area contributed by atoms with Crippen LogP contribution in [-0.4, -0.2) is 19.1 Å². The van der Waals surface area contributed by atoms with Gasteiger partial charge in [-0.3, -0.25) is 10.1 Å². The molecule has 0 N–H and O–H groups in total. The van der Waals surface area contributed by atoms with Crippen molar-refractivity contribution in [2.45, 2.75) is 0 Å². The second-order valence-electron chi connectivity index (χ2n) is 4.27. The zero-order chi connectivity index (χ0) is 16.8. The fourth-order valence-corrected chi connectivity index (χ4v) is 1.77. The highest BCUT2D eigenvalue weighted by atomic mass is 16.6. The predicted molar refractivity (Wildman–Crippen MR) is 81.6 cm³/mol. The van der Waals surface area contributed by atoms with Crippen molar-refractivity contribution >= 4 is 22.7 Å². The van der Waals surface area contributed by atoms with Crippen LogP contribution in [0.15, 0.2) is 46.6 Å². The van der Waals surface area contributed by atoms with Gasteiger partial charge in [0.25, 0.3) is 5.69 Å². The summed E-state index contributed by atoms with van der Waals surface area (Å²) < 4.78 is 10.2. The summed E-state index contributed by atoms with van der Waals surface area (Å²) in [5, 5.41) is 27.5. The van der Waals surface area contributed by atoms with Crippen molar-refractivity contribution in [2.75, 3.05) is 14.2 Å². The summed E-state index contributed by atoms with van der Waals surface area (Å²) in [6.07, 6.45) is 0. The Bertz CT molecular complexity index is 796. The molecule has 0 aliphatic rings. The lowest BCUT2D eigenvalue weighted by atomic mass is 10.2. The van der Waals surface area contributed by atoms with Crippen LogP contribution in [0.4, 0.5) is 22.7 Å². The summed E-state index contributed by atoms with van der Waals surface area (Å²) in [6, 6.07) is 8.57. The highest BCUT2D eigenvalue weighted by Gasteiger charge is 2.20. The fourth-order valence-electron chi connectivity index (χ4n) is 1.77. The topological polar surface area (TPSA) is 114 Å². The molecule has 0 unspecified atom stereocenters. The van der Waals surface area contributed by atoms with E-state index in [1.54, 1.807) is 0 Å². The third-order valence-electron chi connectivity index (χ3n) is 2.92. The van der Waals surface area contributed by atoms with E-state index in [-0.39, 0.29) is 11.4 Å². The Kier molecular flexibility index (Phi) is 4.79. The molecule has 0 fully saturated rings. The zero-order valence-corrected chi connectivity index (χ0v) is 12.3. The SMILES string of the molecule is COc1cc([N+]#N)c(OC)cc1N=Nc1ccc([N+](=O)[O-])cc1. The van der Waals surface area contributed by atoms with Crippen LogP contribution in [0.1, 0.15) is 0 Å². The van der Waals surface area contributed by atoms with Gasteiger partial charge in [-0.25, -0.2) is 0 Å². The molecule has 0 bridgehead atoms. The number of ether oxygens (including phenoxy) is 2. The van der Waals surface area contributed by atoms with Gasteiger partial charge in [0.05, 0.1) is 30.9 Å². The van der Waals surface area contributed by atoms with E-state index in [9.17, 15) is 10.1 Å². The molecular weight excluding hydrogens is 302 g/mol. The Hall–Kier alpha value is -3.54. The highest BCUT2D eigenvalue weighted by Crippen LogP contribution is 2.40. The molecule has 0 amide bonds. The first-order valence-electron chi connectivity index (χ1n) is 6.36. The fraction of sp³-hybridized carbons (Fsp3) is 0.143. The number of hydrogen-bond acceptors (Lipinski definition) is 7. The van der Waals surface area contributed by atoms with Gasteiger partial charge in [-0.15, -0.1) is 5.11 Å². The second-order valence-corrected chi connectivity index (χ2v) is 4.27. The third-order valence-corrected chi connectivity index (χ3v) is 2.92. The smallest absolute Gasteiger partial charge is 0.430 e. The van der Waals surface area contributed by atoms with Gasteiger partial charge in [0.15, 0.2) is 10.7 Å². The number of hydrogen-bond donors (Lipinski definition) is 0. The van der Waals surface area contributed by atoms with Crippen LogP contribution < -0.4 is 9.47 Å². The van der Waals surface area contributed by atoms with Crippen molar-refractivity contribution < 1.29 is 14.4 Å². The Morgan fingerprint density at radius 3 is 2.26 bits per heavy atom. The van der Waals surface area contributed by atoms with Gasteiger partial charge in [0.1, 0.15) is 5.69 Å². The van der Waals surface area contributed by atoms with Crippen LogP contribution in [0.5, 0.6) is 11.5 Å². The zero-order valence-electron chi connectivity index (χ0n) is 12.3. The van der Waals surface area contributed by atoms with Crippen LogP contribution >= 0.6 is 0 Å². The first-order chi connectivity index (χ1) is 11.1. The van der Waals surface area contributed by atoms with Crippen molar-refractivity contribution in [2.24, 2.45) is 10.2 Å². The molecule has 116 valence electrons. The molecule has 2 rings (SSSR count). The normalized spacial score (nSPS) is 10.3. The summed E-state index contributed by atoms with van der Waals surface area (Å²) in [6.45, 7) is 0. The molecule has 0 saturated carbocycles. The van der Waals surface area contributed by atoms with Crippen molar-refractivity contribution in [3.63, 3.8) is 0 Å². The lowest BCUT2D eigenvalue weighted by Crippen LogP contribution is -1.87. The average Bonchev–Trinajstić information content (AvgIpc) is 2.59. The molecule has 2 aromatic carbocycles. The molecule has 9 heteroatoms. The quantitative estimate of drug-likeness (QED) is 0.348. The van der Waals surface area contributed by atoms with E-state index in [2.05, 4.69) is 15.2 Å². The van der Waals surface area contributed by atoms with Crippen LogP contribution in [0.2, 0.25) is 0 Å². The molecule has 23 heavy (non-hydrogen) atoms. The molecule has 9 nitrogen and oxygen atoms in total. The lowest BCUT2D eigenvalue weighted by molar-refractivity contribution is -0.384. The van der Waals surface area contributed by atoms with Crippen molar-refractivity contribution in [1.82, 2.24) is 0 Å². The Morgan fingerprint density at radius 1 is 1.09 bits per heavy atom. The van der Waals surface area contributed by atoms with Crippen LogP contribution in [0, 0.1) is 15.5 Å². The van der Waals surface area contributed by atoms with E-state index in [0.29, 0.717) is 22.9 Å². The van der Waals surface area contributed by atoms with Crippen LogP contribution in [-0.2, 0) is 0 Å². The minimum atomic E-state index is -0.494. The number of nitro benzene ring substituents is 1. The predicted octanol–water partition coefficient (Wildman–Crippen LogP) is 4.51. The largest absolute Gasteiger partial charge is 0.494 e. The molecular formula is C14H12N5O4+. The van der Waals surface area contributed by atoms with Gasteiger partial charge in [0.2, 0.25) is 11.1 Å². The molecule has 2 aromatic rings. The second kappa shape index (κ2) is 6.95. The van der Waals surface area contributed by atoms with Crippen molar-refractivity contribution in [3.05, 3.63) is 51.5 Å². The molecule has 0 aromatic heterocycles. The number of nitro groups is 1. The van der Waals surface area contributed by atoms with Gasteiger partial charge in [-0.05, 0) is 12.1 Å².